The Morgan fingerprint density at radius 3 is 2.40 bits per heavy atom. The smallest absolute Gasteiger partial charge is 0.246 e. The molecule has 0 aliphatic carbocycles. The molecule has 0 aromatic carbocycles. The second-order valence-electron chi connectivity index (χ2n) is 4.37. The van der Waals surface area contributed by atoms with Gasteiger partial charge in [-0.1, -0.05) is 6.92 Å². The van der Waals surface area contributed by atoms with Crippen LogP contribution in [0, 0.1) is 13.8 Å². The predicted octanol–water partition coefficient (Wildman–Crippen LogP) is 1.44. The highest BCUT2D eigenvalue weighted by Crippen LogP contribution is 2.29. The molecule has 1 rings (SSSR count). The van der Waals surface area contributed by atoms with Crippen molar-refractivity contribution >= 4 is 10.0 Å². The number of nitrogens with zero attached hydrogens (tertiary/aromatic N) is 1. The highest BCUT2D eigenvalue weighted by molar-refractivity contribution is 7.89. The minimum absolute atomic E-state index is 0.0795. The number of hydrogen-bond acceptors (Lipinski definition) is 5. The summed E-state index contributed by atoms with van der Waals surface area (Å²) in [5.41, 5.74) is 0.331. The first-order chi connectivity index (χ1) is 9.39. The third-order valence-electron chi connectivity index (χ3n) is 3.12. The summed E-state index contributed by atoms with van der Waals surface area (Å²) in [6, 6.07) is 0. The van der Waals surface area contributed by atoms with Gasteiger partial charge in [0.05, 0.1) is 13.2 Å². The largest absolute Gasteiger partial charge is 0.465 e. The lowest BCUT2D eigenvalue weighted by Gasteiger charge is -2.20. The second kappa shape index (κ2) is 7.21. The van der Waals surface area contributed by atoms with Crippen molar-refractivity contribution in [2.24, 2.45) is 0 Å². The van der Waals surface area contributed by atoms with E-state index in [-0.39, 0.29) is 18.0 Å². The van der Waals surface area contributed by atoms with Gasteiger partial charge in [0.2, 0.25) is 10.0 Å². The topological polar surface area (TPSA) is 80.0 Å². The Hall–Kier alpha value is -0.890. The fourth-order valence-corrected chi connectivity index (χ4v) is 3.96. The molecular weight excluding hydrogens is 282 g/mol. The maximum absolute atomic E-state index is 12.7. The minimum Gasteiger partial charge on any atom is -0.465 e. The zero-order valence-electron chi connectivity index (χ0n) is 12.5. The third kappa shape index (κ3) is 3.41. The molecule has 1 heterocycles. The van der Waals surface area contributed by atoms with Crippen LogP contribution in [-0.4, -0.2) is 44.1 Å². The van der Waals surface area contributed by atoms with Crippen LogP contribution < -0.4 is 0 Å². The Balaban J connectivity index is 3.14. The zero-order valence-corrected chi connectivity index (χ0v) is 13.3. The average Bonchev–Trinajstić information content (AvgIpc) is 2.69. The molecule has 0 atom stereocenters. The lowest BCUT2D eigenvalue weighted by atomic mass is 10.2. The predicted molar refractivity (Wildman–Crippen MR) is 75.0 cm³/mol. The molecule has 116 valence electrons. The highest BCUT2D eigenvalue weighted by Gasteiger charge is 2.31. The van der Waals surface area contributed by atoms with Crippen LogP contribution in [0.15, 0.2) is 9.31 Å². The molecule has 1 aromatic rings. The molecule has 20 heavy (non-hydrogen) atoms. The summed E-state index contributed by atoms with van der Waals surface area (Å²) >= 11 is 0. The Morgan fingerprint density at radius 2 is 1.90 bits per heavy atom. The van der Waals surface area contributed by atoms with Gasteiger partial charge in [-0.2, -0.15) is 4.31 Å². The van der Waals surface area contributed by atoms with Gasteiger partial charge in [-0.3, -0.25) is 0 Å². The van der Waals surface area contributed by atoms with Gasteiger partial charge in [0.15, 0.2) is 0 Å². The quantitative estimate of drug-likeness (QED) is 0.735. The summed E-state index contributed by atoms with van der Waals surface area (Å²) in [5.74, 6) is 0.742. The van der Waals surface area contributed by atoms with E-state index in [4.69, 9.17) is 9.15 Å². The zero-order chi connectivity index (χ0) is 15.3. The van der Waals surface area contributed by atoms with Gasteiger partial charge in [-0.25, -0.2) is 8.42 Å². The van der Waals surface area contributed by atoms with E-state index in [9.17, 15) is 13.5 Å². The van der Waals surface area contributed by atoms with Gasteiger partial charge in [0.1, 0.15) is 16.4 Å². The number of aliphatic hydroxyl groups excluding tert-OH is 1. The van der Waals surface area contributed by atoms with Gasteiger partial charge in [0.25, 0.3) is 0 Å². The average molecular weight is 305 g/mol. The molecule has 1 aromatic heterocycles. The number of rotatable bonds is 8. The molecule has 0 saturated heterocycles. The van der Waals surface area contributed by atoms with Crippen LogP contribution >= 0.6 is 0 Å². The lowest BCUT2D eigenvalue weighted by molar-refractivity contribution is 0.135. The molecule has 0 saturated carbocycles. The van der Waals surface area contributed by atoms with Crippen LogP contribution in [0.2, 0.25) is 0 Å². The van der Waals surface area contributed by atoms with Crippen LogP contribution in [0.1, 0.15) is 30.9 Å². The Bertz CT molecular complexity index is 535. The molecule has 7 heteroatoms. The van der Waals surface area contributed by atoms with E-state index in [2.05, 4.69) is 0 Å². The van der Waals surface area contributed by atoms with Gasteiger partial charge >= 0.3 is 0 Å². The van der Waals surface area contributed by atoms with Crippen molar-refractivity contribution in [3.63, 3.8) is 0 Å². The van der Waals surface area contributed by atoms with Crippen molar-refractivity contribution < 1.29 is 22.7 Å². The maximum Gasteiger partial charge on any atom is 0.246 e. The fraction of sp³-hybridized carbons (Fsp3) is 0.692. The summed E-state index contributed by atoms with van der Waals surface area (Å²) < 4.78 is 37.2. The van der Waals surface area contributed by atoms with Crippen molar-refractivity contribution in [2.75, 3.05) is 26.3 Å². The number of furan rings is 1. The van der Waals surface area contributed by atoms with Gasteiger partial charge in [0, 0.05) is 25.3 Å². The number of aliphatic hydroxyl groups is 1. The molecule has 0 fully saturated rings. The van der Waals surface area contributed by atoms with Crippen LogP contribution in [0.5, 0.6) is 0 Å². The van der Waals surface area contributed by atoms with Crippen molar-refractivity contribution in [2.45, 2.75) is 39.2 Å². The molecule has 0 aliphatic rings. The third-order valence-corrected chi connectivity index (χ3v) is 5.29. The standard InChI is InChI=1S/C13H23NO5S/c1-5-14(7-8-18-6-2)20(16,17)13-11(4)19-10(3)12(13)9-15/h15H,5-9H2,1-4H3. The molecule has 6 nitrogen and oxygen atoms in total. The summed E-state index contributed by atoms with van der Waals surface area (Å²) in [4.78, 5) is 0.0795. The van der Waals surface area contributed by atoms with E-state index >= 15 is 0 Å². The van der Waals surface area contributed by atoms with E-state index in [1.807, 2.05) is 6.92 Å². The monoisotopic (exact) mass is 305 g/mol. The molecule has 0 amide bonds. The maximum atomic E-state index is 12.7. The van der Waals surface area contributed by atoms with Gasteiger partial charge in [-0.05, 0) is 20.8 Å². The molecule has 0 unspecified atom stereocenters. The molecule has 1 N–H and O–H groups in total. The van der Waals surface area contributed by atoms with E-state index < -0.39 is 10.0 Å². The number of sulfonamides is 1. The van der Waals surface area contributed by atoms with E-state index in [1.165, 1.54) is 4.31 Å². The van der Waals surface area contributed by atoms with Crippen molar-refractivity contribution in [1.29, 1.82) is 0 Å². The molecular formula is C13H23NO5S. The molecule has 0 aliphatic heterocycles. The number of likely N-dealkylation sites (N-methyl/N-ethyl adjacent to an activating group) is 1. The normalized spacial score (nSPS) is 12.3. The summed E-state index contributed by atoms with van der Waals surface area (Å²) in [5, 5.41) is 9.38. The van der Waals surface area contributed by atoms with Crippen LogP contribution in [0.3, 0.4) is 0 Å². The van der Waals surface area contributed by atoms with E-state index in [0.717, 1.165) is 0 Å². The Kier molecular flexibility index (Phi) is 6.19. The van der Waals surface area contributed by atoms with Crippen molar-refractivity contribution in [3.8, 4) is 0 Å². The Morgan fingerprint density at radius 1 is 1.25 bits per heavy atom. The first-order valence-corrected chi connectivity index (χ1v) is 8.11. The van der Waals surface area contributed by atoms with Gasteiger partial charge < -0.3 is 14.3 Å². The summed E-state index contributed by atoms with van der Waals surface area (Å²) in [6.07, 6.45) is 0. The van der Waals surface area contributed by atoms with Crippen molar-refractivity contribution in [1.82, 2.24) is 4.31 Å². The molecule has 0 spiro atoms. The Labute approximate surface area is 120 Å². The van der Waals surface area contributed by atoms with Crippen molar-refractivity contribution in [3.05, 3.63) is 17.1 Å². The fourth-order valence-electron chi connectivity index (χ4n) is 2.12. The summed E-state index contributed by atoms with van der Waals surface area (Å²) in [6.45, 7) is 8.01. The number of hydrogen-bond donors (Lipinski definition) is 1. The lowest BCUT2D eigenvalue weighted by Crippen LogP contribution is -2.34. The highest BCUT2D eigenvalue weighted by atomic mass is 32.2. The van der Waals surface area contributed by atoms with E-state index in [0.29, 0.717) is 36.8 Å². The first-order valence-electron chi connectivity index (χ1n) is 6.67. The summed E-state index contributed by atoms with van der Waals surface area (Å²) in [7, 11) is -3.68. The molecule has 0 bridgehead atoms. The second-order valence-corrected chi connectivity index (χ2v) is 6.25. The van der Waals surface area contributed by atoms with Crippen LogP contribution in [0.4, 0.5) is 0 Å². The number of aryl methyl sites for hydroxylation is 2. The van der Waals surface area contributed by atoms with E-state index in [1.54, 1.807) is 20.8 Å². The minimum atomic E-state index is -3.68. The van der Waals surface area contributed by atoms with Crippen LogP contribution in [0.25, 0.3) is 0 Å². The van der Waals surface area contributed by atoms with Crippen LogP contribution in [-0.2, 0) is 21.4 Å². The van der Waals surface area contributed by atoms with Gasteiger partial charge in [-0.15, -0.1) is 0 Å². The SMILES string of the molecule is CCOCCN(CC)S(=O)(=O)c1c(C)oc(C)c1CO. The first kappa shape index (κ1) is 17.2. The number of ether oxygens (including phenoxy) is 1. The molecule has 0 radical (unpaired) electrons.